The number of halogens is 1. The molecule has 3 atom stereocenters. The lowest BCUT2D eigenvalue weighted by atomic mass is 9.89. The molecular weight excluding hydrogens is 260 g/mol. The van der Waals surface area contributed by atoms with Gasteiger partial charge in [0.2, 0.25) is 0 Å². The van der Waals surface area contributed by atoms with Crippen molar-refractivity contribution in [3.63, 3.8) is 0 Å². The van der Waals surface area contributed by atoms with Gasteiger partial charge in [0.05, 0.1) is 6.04 Å². The number of furan rings is 1. The van der Waals surface area contributed by atoms with Gasteiger partial charge in [-0.1, -0.05) is 31.4 Å². The fraction of sp³-hybridized carbons (Fsp3) is 0.467. The molecular formula is C15H19ClN2O. The Morgan fingerprint density at radius 3 is 2.89 bits per heavy atom. The summed E-state index contributed by atoms with van der Waals surface area (Å²) < 4.78 is 5.94. The van der Waals surface area contributed by atoms with Crippen LogP contribution in [0, 0.1) is 11.8 Å². The Bertz CT molecular complexity index is 581. The molecule has 1 heterocycles. The summed E-state index contributed by atoms with van der Waals surface area (Å²) in [5.74, 6) is 7.90. The van der Waals surface area contributed by atoms with E-state index in [4.69, 9.17) is 21.9 Å². The summed E-state index contributed by atoms with van der Waals surface area (Å²) in [6.45, 7) is 2.29. The second kappa shape index (κ2) is 5.16. The molecule has 0 bridgehead atoms. The van der Waals surface area contributed by atoms with Gasteiger partial charge in [-0.25, -0.2) is 5.43 Å². The van der Waals surface area contributed by atoms with Gasteiger partial charge in [0.15, 0.2) is 0 Å². The molecule has 0 aliphatic heterocycles. The van der Waals surface area contributed by atoms with E-state index in [2.05, 4.69) is 18.4 Å². The van der Waals surface area contributed by atoms with E-state index >= 15 is 0 Å². The molecule has 19 heavy (non-hydrogen) atoms. The van der Waals surface area contributed by atoms with Crippen LogP contribution < -0.4 is 11.3 Å². The predicted octanol–water partition coefficient (Wildman–Crippen LogP) is 4.03. The third kappa shape index (κ3) is 2.38. The van der Waals surface area contributed by atoms with Crippen LogP contribution in [0.15, 0.2) is 28.7 Å². The Kier molecular flexibility index (Phi) is 3.52. The van der Waals surface area contributed by atoms with Crippen molar-refractivity contribution in [2.75, 3.05) is 0 Å². The second-order valence-corrected chi connectivity index (χ2v) is 5.98. The maximum atomic E-state index is 6.01. The van der Waals surface area contributed by atoms with Crippen LogP contribution in [0.5, 0.6) is 0 Å². The minimum atomic E-state index is 0.0867. The first-order valence-corrected chi connectivity index (χ1v) is 7.22. The highest BCUT2D eigenvalue weighted by Gasteiger charge is 2.33. The fourth-order valence-corrected chi connectivity index (χ4v) is 3.45. The molecule has 0 amide bonds. The molecule has 3 unspecified atom stereocenters. The first-order chi connectivity index (χ1) is 9.19. The van der Waals surface area contributed by atoms with Crippen molar-refractivity contribution >= 4 is 22.6 Å². The van der Waals surface area contributed by atoms with Gasteiger partial charge in [-0.05, 0) is 42.5 Å². The predicted molar refractivity (Wildman–Crippen MR) is 77.8 cm³/mol. The summed E-state index contributed by atoms with van der Waals surface area (Å²) in [6.07, 6.45) is 3.75. The van der Waals surface area contributed by atoms with Crippen LogP contribution in [-0.2, 0) is 0 Å². The highest BCUT2D eigenvalue weighted by Crippen LogP contribution is 2.41. The van der Waals surface area contributed by atoms with Gasteiger partial charge in [0.1, 0.15) is 11.3 Å². The lowest BCUT2D eigenvalue weighted by molar-refractivity contribution is 0.272. The van der Waals surface area contributed by atoms with Gasteiger partial charge >= 0.3 is 0 Å². The molecule has 1 aliphatic carbocycles. The lowest BCUT2D eigenvalue weighted by Crippen LogP contribution is -2.34. The van der Waals surface area contributed by atoms with Crippen LogP contribution in [0.25, 0.3) is 11.0 Å². The van der Waals surface area contributed by atoms with Crippen molar-refractivity contribution in [1.82, 2.24) is 5.43 Å². The van der Waals surface area contributed by atoms with E-state index in [0.29, 0.717) is 11.8 Å². The number of hydrogen-bond acceptors (Lipinski definition) is 3. The normalized spacial score (nSPS) is 25.0. The summed E-state index contributed by atoms with van der Waals surface area (Å²) in [4.78, 5) is 0. The minimum Gasteiger partial charge on any atom is -0.459 e. The van der Waals surface area contributed by atoms with E-state index in [1.165, 1.54) is 19.3 Å². The Morgan fingerprint density at radius 2 is 2.21 bits per heavy atom. The van der Waals surface area contributed by atoms with Gasteiger partial charge in [-0.3, -0.25) is 5.84 Å². The standard InChI is InChI=1S/C15H19ClN2O/c1-9-3-2-4-12(9)15(18-17)14-8-10-7-11(16)5-6-13(10)19-14/h5-9,12,15,18H,2-4,17H2,1H3. The number of hydrazine groups is 1. The van der Waals surface area contributed by atoms with Gasteiger partial charge in [-0.15, -0.1) is 0 Å². The largest absolute Gasteiger partial charge is 0.459 e. The summed E-state index contributed by atoms with van der Waals surface area (Å²) in [5.41, 5.74) is 3.81. The molecule has 0 radical (unpaired) electrons. The summed E-state index contributed by atoms with van der Waals surface area (Å²) in [7, 11) is 0. The molecule has 1 aromatic heterocycles. The third-order valence-corrected chi connectivity index (χ3v) is 4.57. The van der Waals surface area contributed by atoms with Gasteiger partial charge in [-0.2, -0.15) is 0 Å². The van der Waals surface area contributed by atoms with E-state index in [1.54, 1.807) is 0 Å². The van der Waals surface area contributed by atoms with Crippen molar-refractivity contribution < 1.29 is 4.42 Å². The van der Waals surface area contributed by atoms with E-state index < -0.39 is 0 Å². The Hall–Kier alpha value is -1.03. The highest BCUT2D eigenvalue weighted by atomic mass is 35.5. The first-order valence-electron chi connectivity index (χ1n) is 6.84. The molecule has 1 fully saturated rings. The zero-order valence-electron chi connectivity index (χ0n) is 11.0. The molecule has 3 rings (SSSR count). The summed E-state index contributed by atoms with van der Waals surface area (Å²) in [5, 5.41) is 1.76. The van der Waals surface area contributed by atoms with Crippen LogP contribution in [-0.4, -0.2) is 0 Å². The van der Waals surface area contributed by atoms with Crippen LogP contribution in [0.4, 0.5) is 0 Å². The molecule has 102 valence electrons. The van der Waals surface area contributed by atoms with Crippen molar-refractivity contribution in [1.29, 1.82) is 0 Å². The number of nitrogens with two attached hydrogens (primary N) is 1. The lowest BCUT2D eigenvalue weighted by Gasteiger charge is -2.24. The van der Waals surface area contributed by atoms with Crippen molar-refractivity contribution in [3.8, 4) is 0 Å². The van der Waals surface area contributed by atoms with E-state index in [-0.39, 0.29) is 6.04 Å². The topological polar surface area (TPSA) is 51.2 Å². The monoisotopic (exact) mass is 278 g/mol. The second-order valence-electron chi connectivity index (χ2n) is 5.55. The van der Waals surface area contributed by atoms with E-state index in [9.17, 15) is 0 Å². The van der Waals surface area contributed by atoms with E-state index in [0.717, 1.165) is 21.8 Å². The maximum absolute atomic E-state index is 6.01. The molecule has 0 saturated heterocycles. The molecule has 4 heteroatoms. The summed E-state index contributed by atoms with van der Waals surface area (Å²) >= 11 is 6.01. The van der Waals surface area contributed by atoms with Crippen LogP contribution in [0.2, 0.25) is 5.02 Å². The van der Waals surface area contributed by atoms with Crippen LogP contribution in [0.1, 0.15) is 38.0 Å². The minimum absolute atomic E-state index is 0.0867. The Morgan fingerprint density at radius 1 is 1.37 bits per heavy atom. The molecule has 3 N–H and O–H groups in total. The Labute approximate surface area is 118 Å². The number of hydrogen-bond donors (Lipinski definition) is 2. The summed E-state index contributed by atoms with van der Waals surface area (Å²) in [6, 6.07) is 7.82. The molecule has 0 spiro atoms. The average Bonchev–Trinajstić information content (AvgIpc) is 2.97. The average molecular weight is 279 g/mol. The fourth-order valence-electron chi connectivity index (χ4n) is 3.27. The van der Waals surface area contributed by atoms with E-state index in [1.807, 2.05) is 18.2 Å². The maximum Gasteiger partial charge on any atom is 0.134 e. The highest BCUT2D eigenvalue weighted by molar-refractivity contribution is 6.31. The van der Waals surface area contributed by atoms with Crippen molar-refractivity contribution in [2.45, 2.75) is 32.2 Å². The molecule has 1 saturated carbocycles. The quantitative estimate of drug-likeness (QED) is 0.658. The van der Waals surface area contributed by atoms with Crippen LogP contribution >= 0.6 is 11.6 Å². The third-order valence-electron chi connectivity index (χ3n) is 4.34. The Balaban J connectivity index is 1.96. The van der Waals surface area contributed by atoms with Gasteiger partial charge in [0.25, 0.3) is 0 Å². The first kappa shape index (κ1) is 13.0. The van der Waals surface area contributed by atoms with Gasteiger partial charge < -0.3 is 4.42 Å². The molecule has 3 nitrogen and oxygen atoms in total. The number of benzene rings is 1. The SMILES string of the molecule is CC1CCCC1C(NN)c1cc2cc(Cl)ccc2o1. The zero-order valence-corrected chi connectivity index (χ0v) is 11.8. The van der Waals surface area contributed by atoms with Crippen molar-refractivity contribution in [3.05, 3.63) is 35.0 Å². The molecule has 2 aromatic rings. The zero-order chi connectivity index (χ0) is 13.4. The van der Waals surface area contributed by atoms with Crippen molar-refractivity contribution in [2.24, 2.45) is 17.7 Å². The van der Waals surface area contributed by atoms with Crippen LogP contribution in [0.3, 0.4) is 0 Å². The number of nitrogens with one attached hydrogen (secondary N) is 1. The number of fused-ring (bicyclic) bond motifs is 1. The smallest absolute Gasteiger partial charge is 0.134 e. The molecule has 1 aromatic carbocycles. The molecule has 1 aliphatic rings. The number of rotatable bonds is 3. The van der Waals surface area contributed by atoms with Gasteiger partial charge in [0, 0.05) is 10.4 Å².